The summed E-state index contributed by atoms with van der Waals surface area (Å²) >= 11 is 3.41. The van der Waals surface area contributed by atoms with Gasteiger partial charge in [0.15, 0.2) is 0 Å². The number of aliphatic hydroxyl groups excluding tert-OH is 4. The molecule has 23 heavy (non-hydrogen) atoms. The summed E-state index contributed by atoms with van der Waals surface area (Å²) in [6.07, 6.45) is -6.45. The van der Waals surface area contributed by atoms with Gasteiger partial charge < -0.3 is 29.9 Å². The number of aliphatic hydroxyl groups is 4. The van der Waals surface area contributed by atoms with Crippen molar-refractivity contribution in [2.24, 2.45) is 0 Å². The molecule has 1 aliphatic rings. The molecule has 1 aliphatic heterocycles. The first kappa shape index (κ1) is 16.6. The van der Waals surface area contributed by atoms with E-state index in [1.165, 1.54) is 0 Å². The number of rotatable bonds is 3. The van der Waals surface area contributed by atoms with Crippen molar-refractivity contribution in [3.8, 4) is 5.75 Å². The first-order valence-corrected chi connectivity index (χ1v) is 7.95. The van der Waals surface area contributed by atoms with Gasteiger partial charge in [-0.05, 0) is 35.0 Å². The lowest BCUT2D eigenvalue weighted by Crippen LogP contribution is -2.60. The van der Waals surface area contributed by atoms with Gasteiger partial charge in [0.1, 0.15) is 30.2 Å². The number of hydrogen-bond acceptors (Lipinski definition) is 6. The molecule has 0 spiro atoms. The van der Waals surface area contributed by atoms with Crippen LogP contribution >= 0.6 is 15.9 Å². The highest BCUT2D eigenvalue weighted by Gasteiger charge is 2.44. The van der Waals surface area contributed by atoms with Crippen molar-refractivity contribution in [1.29, 1.82) is 0 Å². The van der Waals surface area contributed by atoms with Gasteiger partial charge in [0.2, 0.25) is 6.29 Å². The fourth-order valence-electron chi connectivity index (χ4n) is 2.57. The molecule has 1 saturated heterocycles. The number of hydrogen-bond donors (Lipinski definition) is 4. The predicted molar refractivity (Wildman–Crippen MR) is 86.0 cm³/mol. The lowest BCUT2D eigenvalue weighted by Gasteiger charge is -2.39. The van der Waals surface area contributed by atoms with Gasteiger partial charge >= 0.3 is 0 Å². The molecule has 7 heteroatoms. The standard InChI is InChI=1S/C16H17BrO6/c17-10-3-1-9-6-11(4-2-8(9)5-10)22-16-15(21)14(20)13(19)12(7-18)23-16/h1-6,12-16,18-21H,7H2/t12-,13-,14-,15-,16+/m1/s1. The molecule has 2 aromatic rings. The maximum absolute atomic E-state index is 9.98. The molecule has 2 aromatic carbocycles. The maximum atomic E-state index is 9.98. The summed E-state index contributed by atoms with van der Waals surface area (Å²) in [6, 6.07) is 11.1. The lowest BCUT2D eigenvalue weighted by molar-refractivity contribution is -0.277. The largest absolute Gasteiger partial charge is 0.462 e. The fraction of sp³-hybridized carbons (Fsp3) is 0.375. The van der Waals surface area contributed by atoms with E-state index in [0.29, 0.717) is 5.75 Å². The molecule has 0 bridgehead atoms. The third-order valence-electron chi connectivity index (χ3n) is 3.87. The average Bonchev–Trinajstić information content (AvgIpc) is 2.55. The van der Waals surface area contributed by atoms with Gasteiger partial charge in [-0.25, -0.2) is 0 Å². The van der Waals surface area contributed by atoms with Crippen molar-refractivity contribution in [1.82, 2.24) is 0 Å². The predicted octanol–water partition coefficient (Wildman–Crippen LogP) is 0.781. The molecule has 124 valence electrons. The third-order valence-corrected chi connectivity index (χ3v) is 4.37. The van der Waals surface area contributed by atoms with E-state index in [9.17, 15) is 20.4 Å². The van der Waals surface area contributed by atoms with E-state index in [4.69, 9.17) is 9.47 Å². The molecule has 4 N–H and O–H groups in total. The molecule has 0 aliphatic carbocycles. The first-order valence-electron chi connectivity index (χ1n) is 7.16. The Balaban J connectivity index is 1.81. The van der Waals surface area contributed by atoms with Crippen LogP contribution in [0.3, 0.4) is 0 Å². The van der Waals surface area contributed by atoms with Crippen LogP contribution in [0, 0.1) is 0 Å². The van der Waals surface area contributed by atoms with Crippen LogP contribution in [0.4, 0.5) is 0 Å². The summed E-state index contributed by atoms with van der Waals surface area (Å²) in [6.45, 7) is -0.490. The highest BCUT2D eigenvalue weighted by Crippen LogP contribution is 2.28. The van der Waals surface area contributed by atoms with Gasteiger partial charge in [-0.15, -0.1) is 0 Å². The van der Waals surface area contributed by atoms with E-state index in [-0.39, 0.29) is 0 Å². The SMILES string of the molecule is OC[C@H]1O[C@H](Oc2ccc3cc(Br)ccc3c2)[C@H](O)[C@H](O)[C@@H]1O. The lowest BCUT2D eigenvalue weighted by atomic mass is 9.99. The van der Waals surface area contributed by atoms with Crippen LogP contribution in [0.1, 0.15) is 0 Å². The van der Waals surface area contributed by atoms with Gasteiger partial charge in [-0.1, -0.05) is 28.1 Å². The smallest absolute Gasteiger partial charge is 0.229 e. The van der Waals surface area contributed by atoms with Gasteiger partial charge in [0.25, 0.3) is 0 Å². The van der Waals surface area contributed by atoms with Gasteiger partial charge in [-0.3, -0.25) is 0 Å². The highest BCUT2D eigenvalue weighted by molar-refractivity contribution is 9.10. The van der Waals surface area contributed by atoms with E-state index in [0.717, 1.165) is 15.2 Å². The molecule has 6 nitrogen and oxygen atoms in total. The van der Waals surface area contributed by atoms with Crippen molar-refractivity contribution in [2.75, 3.05) is 6.61 Å². The zero-order valence-electron chi connectivity index (χ0n) is 12.0. The molecule has 0 unspecified atom stereocenters. The first-order chi connectivity index (χ1) is 11.0. The monoisotopic (exact) mass is 384 g/mol. The molecule has 1 fully saturated rings. The molecule has 3 rings (SSSR count). The summed E-state index contributed by atoms with van der Waals surface area (Å²) < 4.78 is 11.9. The zero-order valence-corrected chi connectivity index (χ0v) is 13.6. The minimum absolute atomic E-state index is 0.448. The van der Waals surface area contributed by atoms with Crippen LogP contribution < -0.4 is 4.74 Å². The Labute approximate surface area is 141 Å². The van der Waals surface area contributed by atoms with E-state index in [1.807, 2.05) is 24.3 Å². The van der Waals surface area contributed by atoms with E-state index < -0.39 is 37.3 Å². The minimum atomic E-state index is -1.46. The molecule has 1 heterocycles. The van der Waals surface area contributed by atoms with Crippen LogP contribution in [-0.4, -0.2) is 57.7 Å². The molecule has 0 amide bonds. The Morgan fingerprint density at radius 1 is 0.957 bits per heavy atom. The van der Waals surface area contributed by atoms with E-state index in [1.54, 1.807) is 12.1 Å². The summed E-state index contributed by atoms with van der Waals surface area (Å²) in [5.74, 6) is 0.448. The Hall–Kier alpha value is -1.22. The number of ether oxygens (including phenoxy) is 2. The number of fused-ring (bicyclic) bond motifs is 1. The topological polar surface area (TPSA) is 99.4 Å². The third kappa shape index (κ3) is 3.35. The van der Waals surface area contributed by atoms with Crippen LogP contribution in [0.2, 0.25) is 0 Å². The van der Waals surface area contributed by atoms with Crippen molar-refractivity contribution >= 4 is 26.7 Å². The second-order valence-corrected chi connectivity index (χ2v) is 6.38. The Morgan fingerprint density at radius 2 is 1.65 bits per heavy atom. The fourth-order valence-corrected chi connectivity index (χ4v) is 2.95. The van der Waals surface area contributed by atoms with E-state index >= 15 is 0 Å². The molecule has 5 atom stereocenters. The van der Waals surface area contributed by atoms with Crippen LogP contribution in [-0.2, 0) is 4.74 Å². The van der Waals surface area contributed by atoms with Crippen molar-refractivity contribution in [2.45, 2.75) is 30.7 Å². The Kier molecular flexibility index (Phi) is 4.86. The van der Waals surface area contributed by atoms with Crippen molar-refractivity contribution in [3.05, 3.63) is 40.9 Å². The highest BCUT2D eigenvalue weighted by atomic mass is 79.9. The number of benzene rings is 2. The van der Waals surface area contributed by atoms with Crippen molar-refractivity contribution in [3.63, 3.8) is 0 Å². The summed E-state index contributed by atoms with van der Waals surface area (Å²) in [7, 11) is 0. The van der Waals surface area contributed by atoms with Gasteiger partial charge in [0, 0.05) is 4.47 Å². The molecular weight excluding hydrogens is 368 g/mol. The summed E-state index contributed by atoms with van der Waals surface area (Å²) in [5.41, 5.74) is 0. The van der Waals surface area contributed by atoms with E-state index in [2.05, 4.69) is 15.9 Å². The molecule has 0 aromatic heterocycles. The van der Waals surface area contributed by atoms with Crippen LogP contribution in [0.25, 0.3) is 10.8 Å². The molecule has 0 radical (unpaired) electrons. The molecule has 0 saturated carbocycles. The van der Waals surface area contributed by atoms with Gasteiger partial charge in [0.05, 0.1) is 6.61 Å². The van der Waals surface area contributed by atoms with Crippen molar-refractivity contribution < 1.29 is 29.9 Å². The molecular formula is C16H17BrO6. The van der Waals surface area contributed by atoms with Crippen LogP contribution in [0.15, 0.2) is 40.9 Å². The van der Waals surface area contributed by atoms with Crippen LogP contribution in [0.5, 0.6) is 5.75 Å². The Bertz CT molecular complexity index is 691. The number of halogens is 1. The Morgan fingerprint density at radius 3 is 2.39 bits per heavy atom. The van der Waals surface area contributed by atoms with Gasteiger partial charge in [-0.2, -0.15) is 0 Å². The minimum Gasteiger partial charge on any atom is -0.462 e. The normalized spacial score (nSPS) is 31.3. The maximum Gasteiger partial charge on any atom is 0.229 e. The summed E-state index contributed by atoms with van der Waals surface area (Å²) in [5, 5.41) is 40.6. The second-order valence-electron chi connectivity index (χ2n) is 5.47. The quantitative estimate of drug-likeness (QED) is 0.624. The summed E-state index contributed by atoms with van der Waals surface area (Å²) in [4.78, 5) is 0. The second kappa shape index (κ2) is 6.72. The zero-order chi connectivity index (χ0) is 16.6. The average molecular weight is 385 g/mol.